The van der Waals surface area contributed by atoms with Crippen LogP contribution < -0.4 is 10.6 Å². The molecule has 4 nitrogen and oxygen atoms in total. The Balaban J connectivity index is 1.77. The Hall–Kier alpha value is -2.23. The molecule has 118 valence electrons. The molecule has 0 atom stereocenters. The van der Waals surface area contributed by atoms with Crippen LogP contribution in [0.4, 0.5) is 0 Å². The number of nitrogens with one attached hydrogen (secondary N) is 2. The number of nitrogens with zero attached hydrogens (tertiary/aromatic N) is 1. The molecule has 22 heavy (non-hydrogen) atoms. The van der Waals surface area contributed by atoms with Crippen LogP contribution in [-0.4, -0.2) is 25.6 Å². The first-order valence-corrected chi connectivity index (χ1v) is 7.88. The minimum atomic E-state index is 0.716. The first-order chi connectivity index (χ1) is 10.8. The third-order valence-corrected chi connectivity index (χ3v) is 3.34. The molecule has 4 heteroatoms. The van der Waals surface area contributed by atoms with Gasteiger partial charge in [-0.15, -0.1) is 0 Å². The number of guanidine groups is 1. The lowest BCUT2D eigenvalue weighted by atomic mass is 10.1. The molecule has 0 bridgehead atoms. The zero-order valence-corrected chi connectivity index (χ0v) is 13.4. The molecular weight excluding hydrogens is 274 g/mol. The lowest BCUT2D eigenvalue weighted by Gasteiger charge is -2.11. The smallest absolute Gasteiger partial charge is 0.191 e. The van der Waals surface area contributed by atoms with Crippen molar-refractivity contribution in [3.63, 3.8) is 0 Å². The van der Waals surface area contributed by atoms with Crippen molar-refractivity contribution >= 4 is 5.96 Å². The first kappa shape index (κ1) is 16.1. The van der Waals surface area contributed by atoms with Gasteiger partial charge in [0.25, 0.3) is 0 Å². The molecule has 0 saturated carbocycles. The third-order valence-electron chi connectivity index (χ3n) is 3.34. The van der Waals surface area contributed by atoms with E-state index in [-0.39, 0.29) is 0 Å². The molecule has 2 N–H and O–H groups in total. The topological polar surface area (TPSA) is 49.6 Å². The Bertz CT molecular complexity index is 576. The summed E-state index contributed by atoms with van der Waals surface area (Å²) in [5.74, 6) is 1.83. The predicted molar refractivity (Wildman–Crippen MR) is 91.3 cm³/mol. The van der Waals surface area contributed by atoms with Crippen LogP contribution in [-0.2, 0) is 12.8 Å². The quantitative estimate of drug-likeness (QED) is 0.610. The third kappa shape index (κ3) is 5.64. The fraction of sp³-hybridized carbons (Fsp3) is 0.389. The van der Waals surface area contributed by atoms with Crippen molar-refractivity contribution in [3.8, 4) is 0 Å². The van der Waals surface area contributed by atoms with E-state index in [0.29, 0.717) is 6.54 Å². The number of aliphatic imine (C=N–C) groups is 1. The number of aryl methyl sites for hydroxylation is 1. The number of benzene rings is 1. The second-order valence-corrected chi connectivity index (χ2v) is 5.26. The zero-order valence-electron chi connectivity index (χ0n) is 13.4. The largest absolute Gasteiger partial charge is 0.469 e. The van der Waals surface area contributed by atoms with Crippen molar-refractivity contribution in [3.05, 3.63) is 59.5 Å². The van der Waals surface area contributed by atoms with E-state index in [9.17, 15) is 0 Å². The highest BCUT2D eigenvalue weighted by Gasteiger charge is 1.99. The second kappa shape index (κ2) is 8.93. The summed E-state index contributed by atoms with van der Waals surface area (Å²) >= 11 is 0. The molecule has 2 rings (SSSR count). The Morgan fingerprint density at radius 1 is 1.14 bits per heavy atom. The minimum absolute atomic E-state index is 0.716. The van der Waals surface area contributed by atoms with E-state index in [1.54, 1.807) is 6.26 Å². The Labute approximate surface area is 132 Å². The highest BCUT2D eigenvalue weighted by molar-refractivity contribution is 5.79. The average Bonchev–Trinajstić information content (AvgIpc) is 3.01. The molecule has 0 saturated heterocycles. The van der Waals surface area contributed by atoms with Gasteiger partial charge in [0.15, 0.2) is 5.96 Å². The molecule has 0 aliphatic rings. The van der Waals surface area contributed by atoms with Gasteiger partial charge in [-0.05, 0) is 38.0 Å². The average molecular weight is 299 g/mol. The van der Waals surface area contributed by atoms with Crippen LogP contribution in [0.15, 0.2) is 52.1 Å². The zero-order chi connectivity index (χ0) is 15.6. The van der Waals surface area contributed by atoms with Crippen molar-refractivity contribution in [2.75, 3.05) is 19.6 Å². The Morgan fingerprint density at radius 2 is 2.05 bits per heavy atom. The maximum atomic E-state index is 5.32. The maximum absolute atomic E-state index is 5.32. The molecule has 1 heterocycles. The molecule has 1 aromatic heterocycles. The molecule has 0 aliphatic carbocycles. The molecule has 0 radical (unpaired) electrons. The summed E-state index contributed by atoms with van der Waals surface area (Å²) in [4.78, 5) is 4.57. The number of rotatable bonds is 7. The normalized spacial score (nSPS) is 11.5. The van der Waals surface area contributed by atoms with E-state index in [2.05, 4.69) is 53.7 Å². The van der Waals surface area contributed by atoms with Gasteiger partial charge in [-0.25, -0.2) is 0 Å². The van der Waals surface area contributed by atoms with Crippen molar-refractivity contribution < 1.29 is 4.42 Å². The van der Waals surface area contributed by atoms with Gasteiger partial charge >= 0.3 is 0 Å². The fourth-order valence-corrected chi connectivity index (χ4v) is 2.27. The highest BCUT2D eigenvalue weighted by Crippen LogP contribution is 2.04. The van der Waals surface area contributed by atoms with Gasteiger partial charge < -0.3 is 15.1 Å². The van der Waals surface area contributed by atoms with Crippen molar-refractivity contribution in [2.24, 2.45) is 4.99 Å². The van der Waals surface area contributed by atoms with E-state index in [1.807, 2.05) is 12.1 Å². The van der Waals surface area contributed by atoms with Gasteiger partial charge in [0.1, 0.15) is 5.76 Å². The van der Waals surface area contributed by atoms with Crippen LogP contribution in [0.3, 0.4) is 0 Å². The van der Waals surface area contributed by atoms with Crippen LogP contribution >= 0.6 is 0 Å². The van der Waals surface area contributed by atoms with E-state index >= 15 is 0 Å². The van der Waals surface area contributed by atoms with Crippen LogP contribution in [0.5, 0.6) is 0 Å². The highest BCUT2D eigenvalue weighted by atomic mass is 16.3. The maximum Gasteiger partial charge on any atom is 0.191 e. The molecule has 0 fully saturated rings. The van der Waals surface area contributed by atoms with E-state index in [1.165, 1.54) is 11.1 Å². The minimum Gasteiger partial charge on any atom is -0.469 e. The van der Waals surface area contributed by atoms with Gasteiger partial charge in [0.05, 0.1) is 6.26 Å². The van der Waals surface area contributed by atoms with Gasteiger partial charge in [0.2, 0.25) is 0 Å². The van der Waals surface area contributed by atoms with Crippen molar-refractivity contribution in [1.82, 2.24) is 10.6 Å². The molecule has 0 aliphatic heterocycles. The summed E-state index contributed by atoms with van der Waals surface area (Å²) < 4.78 is 5.32. The van der Waals surface area contributed by atoms with Gasteiger partial charge in [0, 0.05) is 26.1 Å². The number of hydrogen-bond acceptors (Lipinski definition) is 2. The molecule has 0 unspecified atom stereocenters. The van der Waals surface area contributed by atoms with Crippen molar-refractivity contribution in [2.45, 2.75) is 26.7 Å². The monoisotopic (exact) mass is 299 g/mol. The summed E-state index contributed by atoms with van der Waals surface area (Å²) in [6.45, 7) is 6.64. The lowest BCUT2D eigenvalue weighted by Crippen LogP contribution is -2.38. The van der Waals surface area contributed by atoms with E-state index in [0.717, 1.165) is 37.7 Å². The summed E-state index contributed by atoms with van der Waals surface area (Å²) in [7, 11) is 0. The number of hydrogen-bond donors (Lipinski definition) is 2. The lowest BCUT2D eigenvalue weighted by molar-refractivity contribution is 0.510. The Morgan fingerprint density at radius 3 is 2.77 bits per heavy atom. The molecular formula is C18H25N3O. The molecule has 0 amide bonds. The van der Waals surface area contributed by atoms with E-state index < -0.39 is 0 Å². The Kier molecular flexibility index (Phi) is 6.55. The van der Waals surface area contributed by atoms with E-state index in [4.69, 9.17) is 4.42 Å². The number of furan rings is 1. The van der Waals surface area contributed by atoms with Crippen LogP contribution in [0, 0.1) is 6.92 Å². The first-order valence-electron chi connectivity index (χ1n) is 7.88. The second-order valence-electron chi connectivity index (χ2n) is 5.26. The predicted octanol–water partition coefficient (Wildman–Crippen LogP) is 2.93. The van der Waals surface area contributed by atoms with Gasteiger partial charge in [-0.3, -0.25) is 4.99 Å². The summed E-state index contributed by atoms with van der Waals surface area (Å²) in [6, 6.07) is 12.5. The van der Waals surface area contributed by atoms with Crippen LogP contribution in [0.25, 0.3) is 0 Å². The fourth-order valence-electron chi connectivity index (χ4n) is 2.27. The van der Waals surface area contributed by atoms with Crippen molar-refractivity contribution in [1.29, 1.82) is 0 Å². The van der Waals surface area contributed by atoms with Crippen LogP contribution in [0.1, 0.15) is 23.8 Å². The van der Waals surface area contributed by atoms with Crippen LogP contribution in [0.2, 0.25) is 0 Å². The molecule has 2 aromatic rings. The standard InChI is InChI=1S/C18H25N3O/c1-3-19-18(21-12-10-17-8-5-13-22-17)20-11-9-16-7-4-6-15(2)14-16/h4-8,13-14H,3,9-12H2,1-2H3,(H2,19,20,21). The van der Waals surface area contributed by atoms with Gasteiger partial charge in [-0.2, -0.15) is 0 Å². The molecule has 1 aromatic carbocycles. The molecule has 0 spiro atoms. The summed E-state index contributed by atoms with van der Waals surface area (Å²) in [5.41, 5.74) is 2.65. The SMILES string of the molecule is CCNC(=NCCc1ccco1)NCCc1cccc(C)c1. The van der Waals surface area contributed by atoms with Gasteiger partial charge in [-0.1, -0.05) is 29.8 Å². The summed E-state index contributed by atoms with van der Waals surface area (Å²) in [6.07, 6.45) is 3.51. The summed E-state index contributed by atoms with van der Waals surface area (Å²) in [5, 5.41) is 6.65.